The molecule has 17 nitrogen and oxygen atoms in total. The minimum absolute atomic E-state index is 0.0151. The van der Waals surface area contributed by atoms with E-state index in [0.717, 1.165) is 0 Å². The van der Waals surface area contributed by atoms with Crippen molar-refractivity contribution in [1.29, 1.82) is 0 Å². The smallest absolute Gasteiger partial charge is 0.407 e. The van der Waals surface area contributed by atoms with E-state index in [0.29, 0.717) is 19.3 Å². The van der Waals surface area contributed by atoms with Crippen LogP contribution in [-0.2, 0) is 42.9 Å². The summed E-state index contributed by atoms with van der Waals surface area (Å²) in [6.45, 7) is -0.0270. The molecule has 0 radical (unpaired) electrons. The largest absolute Gasteiger partial charge is 0.464 e. The fourth-order valence-corrected chi connectivity index (χ4v) is 2.23. The molecular weight excluding hydrogens is 470 g/mol. The van der Waals surface area contributed by atoms with Gasteiger partial charge < -0.3 is 38.7 Å². The number of nitrogens with one attached hydrogen (secondary N) is 1. The number of hydrogen-bond acceptors (Lipinski definition) is 14. The highest BCUT2D eigenvalue weighted by Crippen LogP contribution is 2.09. The lowest BCUT2D eigenvalue weighted by Crippen LogP contribution is -2.27. The van der Waals surface area contributed by atoms with Crippen LogP contribution < -0.4 is 5.32 Å². The third-order valence-corrected chi connectivity index (χ3v) is 3.66. The highest BCUT2D eigenvalue weighted by Gasteiger charge is 2.16. The van der Waals surface area contributed by atoms with Crippen LogP contribution in [0, 0.1) is 20.2 Å². The SMILES string of the molecule is O=COC(CCCCNC(=O)OCCOCCO[N+](=O)[O-])CC(=O)OCCOCCO[N+](=O)[O-]. The van der Waals surface area contributed by atoms with Crippen LogP contribution in [0.4, 0.5) is 4.79 Å². The maximum Gasteiger partial charge on any atom is 0.407 e. The number of amides is 1. The van der Waals surface area contributed by atoms with Crippen LogP contribution in [0.1, 0.15) is 25.7 Å². The van der Waals surface area contributed by atoms with E-state index in [-0.39, 0.29) is 72.3 Å². The van der Waals surface area contributed by atoms with Crippen molar-refractivity contribution in [3.05, 3.63) is 20.2 Å². The molecular formula is C17H29N3O14. The Morgan fingerprint density at radius 2 is 1.38 bits per heavy atom. The molecule has 0 saturated carbocycles. The highest BCUT2D eigenvalue weighted by atomic mass is 17.0. The molecule has 1 unspecified atom stereocenters. The van der Waals surface area contributed by atoms with E-state index in [1.54, 1.807) is 0 Å². The molecule has 1 amide bonds. The number of hydrogen-bond donors (Lipinski definition) is 1. The minimum atomic E-state index is -0.945. The first-order chi connectivity index (χ1) is 16.3. The van der Waals surface area contributed by atoms with Crippen LogP contribution in [0.2, 0.25) is 0 Å². The zero-order valence-corrected chi connectivity index (χ0v) is 18.5. The number of carbonyl (C=O) groups is 3. The van der Waals surface area contributed by atoms with Gasteiger partial charge in [-0.2, -0.15) is 0 Å². The summed E-state index contributed by atoms with van der Waals surface area (Å²) in [6.07, 6.45) is -0.0996. The molecule has 0 aromatic carbocycles. The topological polar surface area (TPSA) is 214 Å². The quantitative estimate of drug-likeness (QED) is 0.0481. The molecule has 0 aromatic heterocycles. The van der Waals surface area contributed by atoms with E-state index in [9.17, 15) is 34.6 Å². The molecule has 34 heavy (non-hydrogen) atoms. The van der Waals surface area contributed by atoms with E-state index in [2.05, 4.69) is 15.0 Å². The van der Waals surface area contributed by atoms with Gasteiger partial charge in [0.2, 0.25) is 0 Å². The Balaban J connectivity index is 3.74. The van der Waals surface area contributed by atoms with Gasteiger partial charge >= 0.3 is 12.1 Å². The fourth-order valence-electron chi connectivity index (χ4n) is 2.23. The van der Waals surface area contributed by atoms with Crippen molar-refractivity contribution in [3.63, 3.8) is 0 Å². The molecule has 0 aliphatic carbocycles. The van der Waals surface area contributed by atoms with Gasteiger partial charge in [-0.1, -0.05) is 0 Å². The average Bonchev–Trinajstić information content (AvgIpc) is 2.77. The molecule has 1 N–H and O–H groups in total. The maximum atomic E-state index is 11.8. The Kier molecular flexibility index (Phi) is 19.2. The van der Waals surface area contributed by atoms with Crippen LogP contribution >= 0.6 is 0 Å². The van der Waals surface area contributed by atoms with Gasteiger partial charge in [0.15, 0.2) is 0 Å². The van der Waals surface area contributed by atoms with Gasteiger partial charge in [-0.05, 0) is 19.3 Å². The molecule has 0 rings (SSSR count). The molecule has 0 aromatic rings. The number of rotatable bonds is 23. The van der Waals surface area contributed by atoms with E-state index in [1.165, 1.54) is 0 Å². The van der Waals surface area contributed by atoms with E-state index >= 15 is 0 Å². The van der Waals surface area contributed by atoms with Gasteiger partial charge in [0.05, 0.1) is 32.8 Å². The second-order valence-electron chi connectivity index (χ2n) is 6.18. The van der Waals surface area contributed by atoms with Crippen molar-refractivity contribution in [2.24, 2.45) is 0 Å². The lowest BCUT2D eigenvalue weighted by atomic mass is 10.1. The minimum Gasteiger partial charge on any atom is -0.464 e. The third-order valence-electron chi connectivity index (χ3n) is 3.66. The summed E-state index contributed by atoms with van der Waals surface area (Å²) in [5.74, 6) is -0.606. The van der Waals surface area contributed by atoms with Gasteiger partial charge in [-0.3, -0.25) is 9.59 Å². The van der Waals surface area contributed by atoms with Crippen molar-refractivity contribution >= 4 is 18.5 Å². The Morgan fingerprint density at radius 1 is 0.824 bits per heavy atom. The molecule has 0 aliphatic rings. The van der Waals surface area contributed by atoms with Gasteiger partial charge in [0.1, 0.15) is 32.5 Å². The first-order valence-corrected chi connectivity index (χ1v) is 10.2. The lowest BCUT2D eigenvalue weighted by Gasteiger charge is -2.14. The molecule has 0 saturated heterocycles. The Morgan fingerprint density at radius 3 is 1.94 bits per heavy atom. The van der Waals surface area contributed by atoms with Crippen molar-refractivity contribution in [2.45, 2.75) is 31.8 Å². The van der Waals surface area contributed by atoms with Gasteiger partial charge in [0, 0.05) is 6.54 Å². The Bertz CT molecular complexity index is 606. The standard InChI is InChI=1S/C17H29N3O14/c21-14-32-15(13-16(22)30-9-5-28-7-11-33-19(24)25)3-1-2-4-18-17(23)31-10-6-29-8-12-34-20(26)27/h14-15H,1-13H2,(H,18,23). The molecule has 17 heteroatoms. The average molecular weight is 499 g/mol. The molecule has 196 valence electrons. The van der Waals surface area contributed by atoms with Crippen LogP contribution in [0.15, 0.2) is 0 Å². The van der Waals surface area contributed by atoms with Gasteiger partial charge in [0.25, 0.3) is 16.6 Å². The predicted octanol–water partition coefficient (Wildman–Crippen LogP) is -0.192. The van der Waals surface area contributed by atoms with E-state index in [4.69, 9.17) is 23.7 Å². The lowest BCUT2D eigenvalue weighted by molar-refractivity contribution is -0.758. The monoisotopic (exact) mass is 499 g/mol. The zero-order valence-electron chi connectivity index (χ0n) is 18.5. The molecule has 0 bridgehead atoms. The van der Waals surface area contributed by atoms with Crippen molar-refractivity contribution in [3.8, 4) is 0 Å². The summed E-state index contributed by atoms with van der Waals surface area (Å²) in [6, 6.07) is 0. The Labute approximate surface area is 194 Å². The summed E-state index contributed by atoms with van der Waals surface area (Å²) < 4.78 is 24.6. The number of esters is 1. The van der Waals surface area contributed by atoms with E-state index < -0.39 is 28.3 Å². The number of unbranched alkanes of at least 4 members (excludes halogenated alkanes) is 1. The summed E-state index contributed by atoms with van der Waals surface area (Å²) >= 11 is 0. The summed E-state index contributed by atoms with van der Waals surface area (Å²) in [4.78, 5) is 61.8. The van der Waals surface area contributed by atoms with Crippen LogP contribution in [0.3, 0.4) is 0 Å². The van der Waals surface area contributed by atoms with Crippen LogP contribution in [0.5, 0.6) is 0 Å². The molecule has 0 spiro atoms. The van der Waals surface area contributed by atoms with Gasteiger partial charge in [-0.15, -0.1) is 20.2 Å². The second kappa shape index (κ2) is 21.4. The summed E-state index contributed by atoms with van der Waals surface area (Å²) in [5.41, 5.74) is 0. The zero-order chi connectivity index (χ0) is 25.4. The normalized spacial score (nSPS) is 11.1. The predicted molar refractivity (Wildman–Crippen MR) is 107 cm³/mol. The van der Waals surface area contributed by atoms with Crippen molar-refractivity contribution < 1.29 is 57.9 Å². The molecule has 0 fully saturated rings. The van der Waals surface area contributed by atoms with Crippen LogP contribution in [0.25, 0.3) is 0 Å². The van der Waals surface area contributed by atoms with Crippen molar-refractivity contribution in [1.82, 2.24) is 5.32 Å². The van der Waals surface area contributed by atoms with Gasteiger partial charge in [-0.25, -0.2) is 4.79 Å². The fraction of sp³-hybridized carbons (Fsp3) is 0.824. The summed E-state index contributed by atoms with van der Waals surface area (Å²) in [5, 5.41) is 20.5. The van der Waals surface area contributed by atoms with Crippen molar-refractivity contribution in [2.75, 3.05) is 59.4 Å². The maximum absolute atomic E-state index is 11.8. The highest BCUT2D eigenvalue weighted by molar-refractivity contribution is 5.70. The molecule has 1 atom stereocenters. The second-order valence-corrected chi connectivity index (χ2v) is 6.18. The first kappa shape index (κ1) is 30.5. The number of carbonyl (C=O) groups excluding carboxylic acids is 3. The number of alkyl carbamates (subject to hydrolysis) is 1. The summed E-state index contributed by atoms with van der Waals surface area (Å²) in [7, 11) is 0. The third kappa shape index (κ3) is 21.8. The number of ether oxygens (including phenoxy) is 5. The van der Waals surface area contributed by atoms with E-state index in [1.807, 2.05) is 0 Å². The number of nitrogens with zero attached hydrogens (tertiary/aromatic N) is 2. The Hall–Kier alpha value is -3.47. The van der Waals surface area contributed by atoms with Crippen LogP contribution in [-0.4, -0.2) is 94.2 Å². The first-order valence-electron chi connectivity index (χ1n) is 10.2. The molecule has 0 heterocycles. The molecule has 0 aliphatic heterocycles.